The zero-order chi connectivity index (χ0) is 31.7. The van der Waals surface area contributed by atoms with E-state index in [0.717, 1.165) is 60.2 Å². The molecule has 236 valence electrons. The Hall–Kier alpha value is -4.79. The van der Waals surface area contributed by atoms with Crippen LogP contribution in [0.1, 0.15) is 64.2 Å². The summed E-state index contributed by atoms with van der Waals surface area (Å²) in [7, 11) is 0. The smallest absolute Gasteiger partial charge is 0.251 e. The Morgan fingerprint density at radius 1 is 0.891 bits per heavy atom. The molecule has 0 aliphatic carbocycles. The number of amides is 2. The molecule has 1 aromatic heterocycles. The highest BCUT2D eigenvalue weighted by Gasteiger charge is 2.24. The van der Waals surface area contributed by atoms with Gasteiger partial charge in [0, 0.05) is 37.6 Å². The molecule has 4 aromatic carbocycles. The van der Waals surface area contributed by atoms with Crippen LogP contribution in [0.25, 0.3) is 10.8 Å². The van der Waals surface area contributed by atoms with Gasteiger partial charge in [0.25, 0.3) is 5.91 Å². The van der Waals surface area contributed by atoms with Crippen molar-refractivity contribution in [1.29, 1.82) is 0 Å². The molecule has 1 aliphatic heterocycles. The summed E-state index contributed by atoms with van der Waals surface area (Å²) >= 11 is 0. The second-order valence-corrected chi connectivity index (χ2v) is 12.1. The topological polar surface area (TPSA) is 102 Å². The molecule has 8 heteroatoms. The summed E-state index contributed by atoms with van der Waals surface area (Å²) in [6.45, 7) is 6.07. The number of benzene rings is 4. The average molecular weight is 615 g/mol. The van der Waals surface area contributed by atoms with E-state index in [1.165, 1.54) is 11.1 Å². The van der Waals surface area contributed by atoms with Crippen LogP contribution < -0.4 is 16.0 Å². The number of carbonyl (C=O) groups excluding carboxylic acids is 2. The van der Waals surface area contributed by atoms with E-state index >= 15 is 0 Å². The van der Waals surface area contributed by atoms with Crippen LogP contribution >= 0.6 is 0 Å². The lowest BCUT2D eigenvalue weighted by Gasteiger charge is -2.29. The van der Waals surface area contributed by atoms with Crippen LogP contribution in [0.15, 0.2) is 103 Å². The van der Waals surface area contributed by atoms with E-state index in [0.29, 0.717) is 25.1 Å². The second-order valence-electron chi connectivity index (χ2n) is 12.1. The molecule has 0 saturated heterocycles. The highest BCUT2D eigenvalue weighted by Crippen LogP contribution is 2.24. The van der Waals surface area contributed by atoms with Crippen LogP contribution in [0.3, 0.4) is 0 Å². The molecule has 8 nitrogen and oxygen atoms in total. The van der Waals surface area contributed by atoms with Crippen molar-refractivity contribution in [2.75, 3.05) is 13.1 Å². The van der Waals surface area contributed by atoms with E-state index < -0.39 is 6.04 Å². The van der Waals surface area contributed by atoms with Gasteiger partial charge in [-0.2, -0.15) is 0 Å². The number of nitrogens with one attached hydrogen (secondary N) is 4. The first-order chi connectivity index (χ1) is 22.5. The van der Waals surface area contributed by atoms with Gasteiger partial charge in [-0.3, -0.25) is 14.5 Å². The number of hydrogen-bond donors (Lipinski definition) is 4. The van der Waals surface area contributed by atoms with Crippen LogP contribution in [0, 0.1) is 0 Å². The number of hydrogen-bond acceptors (Lipinski definition) is 5. The third-order valence-corrected chi connectivity index (χ3v) is 8.84. The zero-order valence-corrected chi connectivity index (χ0v) is 26.3. The SMILES string of the molecule is C[C@H](NC(=O)[C@H](CCCN1CCc2ccccc2C1)NC(=O)c1ccc(CNCc2ncc[nH]2)cc1)c1cccc2ccccc12. The van der Waals surface area contributed by atoms with E-state index in [-0.39, 0.29) is 17.9 Å². The van der Waals surface area contributed by atoms with Crippen LogP contribution in [0.5, 0.6) is 0 Å². The predicted molar refractivity (Wildman–Crippen MR) is 182 cm³/mol. The van der Waals surface area contributed by atoms with E-state index in [1.807, 2.05) is 49.4 Å². The third kappa shape index (κ3) is 7.88. The van der Waals surface area contributed by atoms with E-state index in [9.17, 15) is 9.59 Å². The highest BCUT2D eigenvalue weighted by atomic mass is 16.2. The summed E-state index contributed by atoms with van der Waals surface area (Å²) in [4.78, 5) is 37.0. The molecule has 4 N–H and O–H groups in total. The third-order valence-electron chi connectivity index (χ3n) is 8.84. The first-order valence-corrected chi connectivity index (χ1v) is 16.2. The fourth-order valence-corrected chi connectivity index (χ4v) is 6.29. The quantitative estimate of drug-likeness (QED) is 0.137. The molecular weight excluding hydrogens is 572 g/mol. The Bertz CT molecular complexity index is 1750. The fourth-order valence-electron chi connectivity index (χ4n) is 6.29. The Labute approximate surface area is 270 Å². The molecule has 0 fully saturated rings. The minimum Gasteiger partial charge on any atom is -0.348 e. The summed E-state index contributed by atoms with van der Waals surface area (Å²) in [5, 5.41) is 11.9. The summed E-state index contributed by atoms with van der Waals surface area (Å²) in [6, 6.07) is 29.6. The molecule has 2 atom stereocenters. The Kier molecular flexibility index (Phi) is 10.2. The maximum Gasteiger partial charge on any atom is 0.251 e. The van der Waals surface area contributed by atoms with Gasteiger partial charge in [-0.25, -0.2) is 4.98 Å². The average Bonchev–Trinajstić information content (AvgIpc) is 3.61. The number of aromatic amines is 1. The summed E-state index contributed by atoms with van der Waals surface area (Å²) in [6.07, 6.45) is 5.91. The maximum absolute atomic E-state index is 13.8. The van der Waals surface area contributed by atoms with Crippen molar-refractivity contribution >= 4 is 22.6 Å². The molecule has 46 heavy (non-hydrogen) atoms. The standard InChI is InChI=1S/C38H42N6O2/c1-27(33-13-6-11-30-9-4-5-12-34(30)33)42-38(46)35(14-7-22-44-23-19-29-8-2-3-10-32(29)26-44)43-37(45)31-17-15-28(16-18-31)24-39-25-36-40-20-21-41-36/h2-6,8-13,15-18,20-21,27,35,39H,7,14,19,22-26H2,1H3,(H,40,41)(H,42,46)(H,43,45)/t27-,35-/m0/s1. The monoisotopic (exact) mass is 614 g/mol. The molecule has 0 unspecified atom stereocenters. The number of H-pyrrole nitrogens is 1. The van der Waals surface area contributed by atoms with Gasteiger partial charge in [0.1, 0.15) is 11.9 Å². The van der Waals surface area contributed by atoms with Crippen LogP contribution in [-0.4, -0.2) is 45.8 Å². The minimum absolute atomic E-state index is 0.170. The Morgan fingerprint density at radius 2 is 1.67 bits per heavy atom. The highest BCUT2D eigenvalue weighted by molar-refractivity contribution is 5.97. The normalized spacial score (nSPS) is 14.4. The van der Waals surface area contributed by atoms with Crippen molar-refractivity contribution in [2.45, 2.75) is 57.9 Å². The molecule has 0 spiro atoms. The Balaban J connectivity index is 1.10. The van der Waals surface area contributed by atoms with Crippen LogP contribution in [0.4, 0.5) is 0 Å². The van der Waals surface area contributed by atoms with Crippen molar-refractivity contribution in [2.24, 2.45) is 0 Å². The summed E-state index contributed by atoms with van der Waals surface area (Å²) < 4.78 is 0. The van der Waals surface area contributed by atoms with Crippen molar-refractivity contribution < 1.29 is 9.59 Å². The molecule has 0 bridgehead atoms. The van der Waals surface area contributed by atoms with Gasteiger partial charge in [0.05, 0.1) is 12.6 Å². The number of imidazole rings is 1. The minimum atomic E-state index is -0.656. The number of aromatic nitrogens is 2. The summed E-state index contributed by atoms with van der Waals surface area (Å²) in [5.41, 5.74) is 5.44. The van der Waals surface area contributed by atoms with Crippen molar-refractivity contribution in [3.63, 3.8) is 0 Å². The lowest BCUT2D eigenvalue weighted by molar-refractivity contribution is -0.123. The Morgan fingerprint density at radius 3 is 2.50 bits per heavy atom. The van der Waals surface area contributed by atoms with Crippen LogP contribution in [0.2, 0.25) is 0 Å². The van der Waals surface area contributed by atoms with Gasteiger partial charge in [-0.05, 0) is 77.9 Å². The maximum atomic E-state index is 13.8. The number of nitrogens with zero attached hydrogens (tertiary/aromatic N) is 2. The molecule has 2 heterocycles. The van der Waals surface area contributed by atoms with Gasteiger partial charge in [-0.15, -0.1) is 0 Å². The number of fused-ring (bicyclic) bond motifs is 2. The molecule has 5 aromatic rings. The van der Waals surface area contributed by atoms with E-state index in [2.05, 4.69) is 79.3 Å². The van der Waals surface area contributed by atoms with Gasteiger partial charge in [-0.1, -0.05) is 78.9 Å². The van der Waals surface area contributed by atoms with Gasteiger partial charge >= 0.3 is 0 Å². The number of carbonyl (C=O) groups is 2. The molecule has 1 aliphatic rings. The second kappa shape index (κ2) is 15.0. The first-order valence-electron chi connectivity index (χ1n) is 16.2. The molecular formula is C38H42N6O2. The van der Waals surface area contributed by atoms with E-state index in [1.54, 1.807) is 12.4 Å². The zero-order valence-electron chi connectivity index (χ0n) is 26.3. The molecule has 0 radical (unpaired) electrons. The lowest BCUT2D eigenvalue weighted by Crippen LogP contribution is -2.47. The van der Waals surface area contributed by atoms with Crippen molar-refractivity contribution in [3.05, 3.63) is 137 Å². The molecule has 2 amide bonds. The van der Waals surface area contributed by atoms with Crippen LogP contribution in [-0.2, 0) is 30.8 Å². The number of rotatable bonds is 13. The largest absolute Gasteiger partial charge is 0.348 e. The van der Waals surface area contributed by atoms with Gasteiger partial charge in [0.2, 0.25) is 5.91 Å². The van der Waals surface area contributed by atoms with Crippen molar-refractivity contribution in [1.82, 2.24) is 30.8 Å². The summed E-state index contributed by atoms with van der Waals surface area (Å²) in [5.74, 6) is 0.455. The molecule has 6 rings (SSSR count). The predicted octanol–water partition coefficient (Wildman–Crippen LogP) is 5.67. The van der Waals surface area contributed by atoms with Crippen molar-refractivity contribution in [3.8, 4) is 0 Å². The van der Waals surface area contributed by atoms with Gasteiger partial charge < -0.3 is 20.9 Å². The first kappa shape index (κ1) is 31.2. The van der Waals surface area contributed by atoms with Gasteiger partial charge in [0.15, 0.2) is 0 Å². The fraction of sp³-hybridized carbons (Fsp3) is 0.289. The lowest BCUT2D eigenvalue weighted by atomic mass is 9.98. The van der Waals surface area contributed by atoms with E-state index in [4.69, 9.17) is 0 Å². The molecule has 0 saturated carbocycles.